The molecule has 1 unspecified atom stereocenters. The van der Waals surface area contributed by atoms with Crippen LogP contribution in [0.4, 0.5) is 28.9 Å². The predicted molar refractivity (Wildman–Crippen MR) is 169 cm³/mol. The Kier molecular flexibility index (Phi) is 9.62. The third-order valence-corrected chi connectivity index (χ3v) is 12.5. The number of nitrogens with one attached hydrogen (secondary N) is 2. The molecule has 6 nitrogen and oxygen atoms in total. The van der Waals surface area contributed by atoms with E-state index in [4.69, 9.17) is 4.74 Å². The molecule has 3 aromatic rings. The molecule has 2 aromatic carbocycles. The Morgan fingerprint density at radius 1 is 1.09 bits per heavy atom. The Morgan fingerprint density at radius 3 is 2.56 bits per heavy atom. The number of hydrogen-bond donors (Lipinski definition) is 2. The van der Waals surface area contributed by atoms with Crippen LogP contribution in [0.25, 0.3) is 10.1 Å². The Morgan fingerprint density at radius 2 is 1.86 bits per heavy atom. The Balaban J connectivity index is 1.36. The second-order valence-corrected chi connectivity index (χ2v) is 15.6. The third-order valence-electron chi connectivity index (χ3n) is 8.19. The van der Waals surface area contributed by atoms with E-state index < -0.39 is 32.0 Å². The van der Waals surface area contributed by atoms with E-state index in [0.717, 1.165) is 24.9 Å². The molecule has 2 N–H and O–H groups in total. The number of piperidine rings is 1. The molecule has 2 atom stereocenters. The molecular formula is C31H37F4N4O2PS. The normalized spacial score (nSPS) is 21.3. The smallest absolute Gasteiger partial charge is 0.393 e. The fraction of sp³-hybridized carbons (Fsp3) is 0.484. The molecule has 0 bridgehead atoms. The van der Waals surface area contributed by atoms with Crippen LogP contribution < -0.4 is 20.7 Å². The summed E-state index contributed by atoms with van der Waals surface area (Å²) in [5.41, 5.74) is 1.43. The van der Waals surface area contributed by atoms with Crippen molar-refractivity contribution in [3.8, 4) is 17.6 Å². The second-order valence-electron chi connectivity index (χ2n) is 11.4. The van der Waals surface area contributed by atoms with Gasteiger partial charge in [-0.1, -0.05) is 24.0 Å². The highest BCUT2D eigenvalue weighted by Crippen LogP contribution is 2.47. The van der Waals surface area contributed by atoms with Gasteiger partial charge in [-0.15, -0.1) is 11.3 Å². The maximum Gasteiger partial charge on any atom is 0.393 e. The lowest BCUT2D eigenvalue weighted by Gasteiger charge is -2.33. The van der Waals surface area contributed by atoms with Crippen LogP contribution in [0.5, 0.6) is 5.75 Å². The average molecular weight is 637 g/mol. The summed E-state index contributed by atoms with van der Waals surface area (Å²) in [5.74, 6) is 6.48. The number of likely N-dealkylation sites (tertiary alicyclic amines) is 1. The molecule has 0 amide bonds. The molecule has 232 valence electrons. The largest absolute Gasteiger partial charge is 0.495 e. The first-order chi connectivity index (χ1) is 20.5. The Bertz CT molecular complexity index is 1550. The van der Waals surface area contributed by atoms with Gasteiger partial charge in [-0.05, 0) is 55.7 Å². The number of anilines is 2. The first kappa shape index (κ1) is 31.6. The van der Waals surface area contributed by atoms with E-state index in [2.05, 4.69) is 27.4 Å². The maximum atomic E-state index is 14.7. The summed E-state index contributed by atoms with van der Waals surface area (Å²) in [5, 5.41) is 7.72. The molecule has 12 heteroatoms. The highest BCUT2D eigenvalue weighted by molar-refractivity contribution is 7.71. The van der Waals surface area contributed by atoms with Crippen molar-refractivity contribution in [3.63, 3.8) is 0 Å². The summed E-state index contributed by atoms with van der Waals surface area (Å²) in [6, 6.07) is 10.2. The van der Waals surface area contributed by atoms with Gasteiger partial charge < -0.3 is 29.7 Å². The number of alkyl halides is 4. The first-order valence-corrected chi connectivity index (χ1v) is 17.2. The Hall–Kier alpha value is -2.77. The number of hydrogen-bond acceptors (Lipinski definition) is 7. The molecule has 0 saturated carbocycles. The summed E-state index contributed by atoms with van der Waals surface area (Å²) >= 11 is 1.20. The molecule has 0 aliphatic carbocycles. The van der Waals surface area contributed by atoms with E-state index in [1.165, 1.54) is 11.3 Å². The number of thiophene rings is 1. The summed E-state index contributed by atoms with van der Waals surface area (Å²) in [6.07, 6.45) is -4.72. The van der Waals surface area contributed by atoms with Crippen molar-refractivity contribution < 1.29 is 26.9 Å². The minimum absolute atomic E-state index is 0.133. The molecule has 2 saturated heterocycles. The van der Waals surface area contributed by atoms with Crippen LogP contribution in [0.1, 0.15) is 16.9 Å². The lowest BCUT2D eigenvalue weighted by atomic mass is 10.0. The quantitative estimate of drug-likeness (QED) is 0.193. The van der Waals surface area contributed by atoms with Crippen LogP contribution in [0.15, 0.2) is 36.4 Å². The van der Waals surface area contributed by atoms with Gasteiger partial charge in [-0.25, -0.2) is 4.39 Å². The Labute approximate surface area is 254 Å². The summed E-state index contributed by atoms with van der Waals surface area (Å²) in [7, 11) is 2.95. The van der Waals surface area contributed by atoms with Gasteiger partial charge >= 0.3 is 6.18 Å². The minimum atomic E-state index is -4.41. The van der Waals surface area contributed by atoms with E-state index in [1.807, 2.05) is 37.2 Å². The van der Waals surface area contributed by atoms with Crippen LogP contribution >= 0.6 is 18.5 Å². The molecule has 2 aliphatic rings. The SMILES string of the molecule is COc1cc(P2(=O)CCN(C)CC2)ccc1NCC#Cc1sc2c(NC3CCN(C)C[C@H]3F)cccc2c1CC(F)(F)F. The van der Waals surface area contributed by atoms with Crippen LogP contribution in [-0.4, -0.2) is 94.4 Å². The van der Waals surface area contributed by atoms with Gasteiger partial charge in [-0.3, -0.25) is 0 Å². The zero-order valence-electron chi connectivity index (χ0n) is 24.6. The molecule has 1 aromatic heterocycles. The highest BCUT2D eigenvalue weighted by Gasteiger charge is 2.33. The molecule has 2 aliphatic heterocycles. The summed E-state index contributed by atoms with van der Waals surface area (Å²) in [4.78, 5) is 4.44. The molecule has 5 rings (SSSR count). The van der Waals surface area contributed by atoms with E-state index in [9.17, 15) is 22.1 Å². The van der Waals surface area contributed by atoms with Crippen molar-refractivity contribution in [3.05, 3.63) is 46.8 Å². The number of methoxy groups -OCH3 is 1. The molecule has 0 radical (unpaired) electrons. The number of nitrogens with zero attached hydrogens (tertiary/aromatic N) is 2. The number of halogens is 4. The molecule has 0 spiro atoms. The first-order valence-electron chi connectivity index (χ1n) is 14.3. The van der Waals surface area contributed by atoms with Crippen molar-refractivity contribution in [2.45, 2.75) is 31.2 Å². The fourth-order valence-electron chi connectivity index (χ4n) is 5.67. The van der Waals surface area contributed by atoms with Crippen LogP contribution in [0.3, 0.4) is 0 Å². The monoisotopic (exact) mass is 636 g/mol. The number of rotatable bonds is 7. The zero-order chi connectivity index (χ0) is 30.8. The summed E-state index contributed by atoms with van der Waals surface area (Å²) < 4.78 is 75.4. The van der Waals surface area contributed by atoms with Crippen LogP contribution in [0.2, 0.25) is 0 Å². The standard InChI is InChI=1S/C31H37F4N4O2PS/c1-38-14-16-42(40,17-15-38)21-9-10-26(28(18-21)41-3)36-12-5-8-29-23(19-31(33,34)35)22-6-4-7-27(30(22)43-29)37-25-11-13-39(2)20-24(25)32/h4,6-7,9-10,18,24-25,36-37H,11-17,19-20H2,1-3H3/t24-,25?/m1/s1. The van der Waals surface area contributed by atoms with Crippen molar-refractivity contribution in [2.24, 2.45) is 0 Å². The third kappa shape index (κ3) is 7.49. The van der Waals surface area contributed by atoms with Crippen molar-refractivity contribution >= 4 is 45.2 Å². The lowest BCUT2D eigenvalue weighted by Crippen LogP contribution is -2.46. The molecular weight excluding hydrogens is 599 g/mol. The van der Waals surface area contributed by atoms with Gasteiger partial charge in [0.25, 0.3) is 0 Å². The fourth-order valence-corrected chi connectivity index (χ4v) is 9.61. The van der Waals surface area contributed by atoms with Crippen LogP contribution in [0, 0.1) is 11.8 Å². The van der Waals surface area contributed by atoms with Gasteiger partial charge in [0, 0.05) is 43.8 Å². The number of benzene rings is 2. The summed E-state index contributed by atoms with van der Waals surface area (Å²) in [6.45, 7) is 2.80. The highest BCUT2D eigenvalue weighted by atomic mass is 32.1. The van der Waals surface area contributed by atoms with E-state index in [1.54, 1.807) is 25.3 Å². The van der Waals surface area contributed by atoms with Gasteiger partial charge in [0.2, 0.25) is 0 Å². The lowest BCUT2D eigenvalue weighted by molar-refractivity contribution is -0.126. The number of fused-ring (bicyclic) bond motifs is 1. The van der Waals surface area contributed by atoms with E-state index in [-0.39, 0.29) is 12.1 Å². The van der Waals surface area contributed by atoms with Gasteiger partial charge in [0.15, 0.2) is 0 Å². The maximum absolute atomic E-state index is 14.7. The molecule has 3 heterocycles. The minimum Gasteiger partial charge on any atom is -0.495 e. The van der Waals surface area contributed by atoms with Crippen molar-refractivity contribution in [1.82, 2.24) is 9.80 Å². The van der Waals surface area contributed by atoms with Crippen molar-refractivity contribution in [1.29, 1.82) is 0 Å². The van der Waals surface area contributed by atoms with Crippen LogP contribution in [-0.2, 0) is 11.0 Å². The molecule has 2 fully saturated rings. The average Bonchev–Trinajstić information content (AvgIpc) is 3.30. The molecule has 43 heavy (non-hydrogen) atoms. The van der Waals surface area contributed by atoms with Gasteiger partial charge in [-0.2, -0.15) is 13.2 Å². The van der Waals surface area contributed by atoms with Gasteiger partial charge in [0.05, 0.1) is 47.1 Å². The second kappa shape index (κ2) is 13.1. The van der Waals surface area contributed by atoms with Gasteiger partial charge in [0.1, 0.15) is 19.1 Å². The zero-order valence-corrected chi connectivity index (χ0v) is 26.3. The van der Waals surface area contributed by atoms with E-state index >= 15 is 0 Å². The predicted octanol–water partition coefficient (Wildman–Crippen LogP) is 5.87. The van der Waals surface area contributed by atoms with Crippen molar-refractivity contribution in [2.75, 3.05) is 76.9 Å². The van der Waals surface area contributed by atoms with E-state index in [0.29, 0.717) is 57.4 Å². The topological polar surface area (TPSA) is 56.8 Å². The number of ether oxygens (including phenoxy) is 1.